The molecule has 0 bridgehead atoms. The van der Waals surface area contributed by atoms with Crippen LogP contribution in [0.5, 0.6) is 0 Å². The van der Waals surface area contributed by atoms with E-state index < -0.39 is 0 Å². The topological polar surface area (TPSA) is 46.9 Å². The third-order valence-corrected chi connectivity index (χ3v) is 2.97. The average molecular weight is 243 g/mol. The SMILES string of the molecule is CCc1ccc(C(C)NC(=O)n2ccnc2)cc1. The molecule has 1 amide bonds. The van der Waals surface area contributed by atoms with Crippen LogP contribution in [0.3, 0.4) is 0 Å². The maximum atomic E-state index is 11.8. The molecule has 0 aliphatic rings. The Kier molecular flexibility index (Phi) is 3.77. The van der Waals surface area contributed by atoms with Crippen LogP contribution >= 0.6 is 0 Å². The zero-order valence-electron chi connectivity index (χ0n) is 10.6. The molecule has 1 heterocycles. The van der Waals surface area contributed by atoms with Crippen LogP contribution in [-0.2, 0) is 6.42 Å². The quantitative estimate of drug-likeness (QED) is 0.901. The van der Waals surface area contributed by atoms with Crippen molar-refractivity contribution in [1.29, 1.82) is 0 Å². The first-order chi connectivity index (χ1) is 8.70. The van der Waals surface area contributed by atoms with E-state index in [0.717, 1.165) is 12.0 Å². The van der Waals surface area contributed by atoms with Crippen molar-refractivity contribution in [2.24, 2.45) is 0 Å². The van der Waals surface area contributed by atoms with Crippen LogP contribution < -0.4 is 5.32 Å². The van der Waals surface area contributed by atoms with Crippen molar-refractivity contribution < 1.29 is 4.79 Å². The minimum Gasteiger partial charge on any atom is -0.331 e. The molecule has 1 atom stereocenters. The predicted octanol–water partition coefficient (Wildman–Crippen LogP) is 2.76. The van der Waals surface area contributed by atoms with Crippen molar-refractivity contribution in [3.05, 3.63) is 54.1 Å². The van der Waals surface area contributed by atoms with E-state index in [9.17, 15) is 4.79 Å². The molecule has 0 spiro atoms. The number of rotatable bonds is 3. The van der Waals surface area contributed by atoms with Crippen LogP contribution in [-0.4, -0.2) is 15.6 Å². The monoisotopic (exact) mass is 243 g/mol. The summed E-state index contributed by atoms with van der Waals surface area (Å²) in [5.41, 5.74) is 2.40. The molecule has 0 saturated carbocycles. The number of imidazole rings is 1. The summed E-state index contributed by atoms with van der Waals surface area (Å²) in [6.45, 7) is 4.09. The molecule has 4 heteroatoms. The van der Waals surface area contributed by atoms with Crippen molar-refractivity contribution in [2.75, 3.05) is 0 Å². The molecule has 18 heavy (non-hydrogen) atoms. The largest absolute Gasteiger partial charge is 0.331 e. The third-order valence-electron chi connectivity index (χ3n) is 2.97. The van der Waals surface area contributed by atoms with Gasteiger partial charge in [-0.1, -0.05) is 31.2 Å². The number of aromatic nitrogens is 2. The summed E-state index contributed by atoms with van der Waals surface area (Å²) < 4.78 is 1.43. The van der Waals surface area contributed by atoms with Crippen LogP contribution in [0.2, 0.25) is 0 Å². The van der Waals surface area contributed by atoms with E-state index >= 15 is 0 Å². The van der Waals surface area contributed by atoms with Gasteiger partial charge >= 0.3 is 6.03 Å². The number of nitrogens with zero attached hydrogens (tertiary/aromatic N) is 2. The highest BCUT2D eigenvalue weighted by atomic mass is 16.2. The van der Waals surface area contributed by atoms with Gasteiger partial charge in [0.25, 0.3) is 0 Å². The normalized spacial score (nSPS) is 12.1. The number of hydrogen-bond acceptors (Lipinski definition) is 2. The molecule has 1 aromatic carbocycles. The molecule has 2 aromatic rings. The number of carbonyl (C=O) groups is 1. The van der Waals surface area contributed by atoms with Crippen molar-refractivity contribution in [1.82, 2.24) is 14.9 Å². The fraction of sp³-hybridized carbons (Fsp3) is 0.286. The second kappa shape index (κ2) is 5.49. The predicted molar refractivity (Wildman–Crippen MR) is 70.4 cm³/mol. The molecule has 94 valence electrons. The van der Waals surface area contributed by atoms with E-state index in [4.69, 9.17) is 0 Å². The van der Waals surface area contributed by atoms with Crippen LogP contribution in [0.4, 0.5) is 4.79 Å². The molecule has 0 fully saturated rings. The zero-order chi connectivity index (χ0) is 13.0. The van der Waals surface area contributed by atoms with Crippen LogP contribution in [0, 0.1) is 0 Å². The second-order valence-corrected chi connectivity index (χ2v) is 4.24. The number of carbonyl (C=O) groups excluding carboxylic acids is 1. The molecule has 4 nitrogen and oxygen atoms in total. The summed E-state index contributed by atoms with van der Waals surface area (Å²) in [5, 5.41) is 2.92. The van der Waals surface area contributed by atoms with E-state index in [1.807, 2.05) is 6.92 Å². The van der Waals surface area contributed by atoms with Gasteiger partial charge in [0.1, 0.15) is 6.33 Å². The summed E-state index contributed by atoms with van der Waals surface area (Å²) in [6, 6.07) is 8.10. The van der Waals surface area contributed by atoms with Crippen LogP contribution in [0.15, 0.2) is 43.0 Å². The zero-order valence-corrected chi connectivity index (χ0v) is 10.6. The Morgan fingerprint density at radius 2 is 2.11 bits per heavy atom. The Bertz CT molecular complexity index is 502. The molecule has 0 saturated heterocycles. The van der Waals surface area contributed by atoms with Gasteiger partial charge in [0.05, 0.1) is 6.04 Å². The van der Waals surface area contributed by atoms with Gasteiger partial charge in [-0.15, -0.1) is 0 Å². The summed E-state index contributed by atoms with van der Waals surface area (Å²) in [5.74, 6) is 0. The van der Waals surface area contributed by atoms with Gasteiger partial charge in [0, 0.05) is 12.4 Å². The third kappa shape index (κ3) is 2.77. The molecule has 1 aromatic heterocycles. The van der Waals surface area contributed by atoms with Gasteiger partial charge in [-0.2, -0.15) is 0 Å². The highest BCUT2D eigenvalue weighted by molar-refractivity contribution is 5.76. The number of hydrogen-bond donors (Lipinski definition) is 1. The van der Waals surface area contributed by atoms with Gasteiger partial charge < -0.3 is 5.32 Å². The van der Waals surface area contributed by atoms with E-state index in [2.05, 4.69) is 41.5 Å². The van der Waals surface area contributed by atoms with Crippen LogP contribution in [0.1, 0.15) is 31.0 Å². The van der Waals surface area contributed by atoms with Crippen LogP contribution in [0.25, 0.3) is 0 Å². The number of nitrogens with one attached hydrogen (secondary N) is 1. The first-order valence-corrected chi connectivity index (χ1v) is 6.08. The van der Waals surface area contributed by atoms with Gasteiger partial charge in [0.2, 0.25) is 0 Å². The Morgan fingerprint density at radius 1 is 1.39 bits per heavy atom. The van der Waals surface area contributed by atoms with Crippen molar-refractivity contribution >= 4 is 6.03 Å². The molecular weight excluding hydrogens is 226 g/mol. The lowest BCUT2D eigenvalue weighted by atomic mass is 10.1. The fourth-order valence-electron chi connectivity index (χ4n) is 1.76. The smallest absolute Gasteiger partial charge is 0.327 e. The maximum absolute atomic E-state index is 11.8. The standard InChI is InChI=1S/C14H17N3O/c1-3-12-4-6-13(7-5-12)11(2)16-14(18)17-9-8-15-10-17/h4-11H,3H2,1-2H3,(H,16,18). The summed E-state index contributed by atoms with van der Waals surface area (Å²) >= 11 is 0. The van der Waals surface area contributed by atoms with Gasteiger partial charge in [-0.3, -0.25) is 4.57 Å². The van der Waals surface area contributed by atoms with E-state index in [1.54, 1.807) is 12.4 Å². The Morgan fingerprint density at radius 3 is 2.67 bits per heavy atom. The highest BCUT2D eigenvalue weighted by Crippen LogP contribution is 2.13. The Hall–Kier alpha value is -2.10. The van der Waals surface area contributed by atoms with Gasteiger partial charge in [0.15, 0.2) is 0 Å². The first-order valence-electron chi connectivity index (χ1n) is 6.08. The molecule has 0 radical (unpaired) electrons. The Labute approximate surface area is 107 Å². The van der Waals surface area contributed by atoms with Crippen molar-refractivity contribution in [2.45, 2.75) is 26.3 Å². The lowest BCUT2D eigenvalue weighted by Crippen LogP contribution is -2.30. The van der Waals surface area contributed by atoms with E-state index in [-0.39, 0.29) is 12.1 Å². The molecule has 1 N–H and O–H groups in total. The first kappa shape index (κ1) is 12.4. The molecular formula is C14H17N3O. The van der Waals surface area contributed by atoms with E-state index in [0.29, 0.717) is 0 Å². The summed E-state index contributed by atoms with van der Waals surface area (Å²) in [7, 11) is 0. The van der Waals surface area contributed by atoms with E-state index in [1.165, 1.54) is 16.5 Å². The molecule has 2 rings (SSSR count). The minimum absolute atomic E-state index is 0.0224. The van der Waals surface area contributed by atoms with Crippen molar-refractivity contribution in [3.8, 4) is 0 Å². The van der Waals surface area contributed by atoms with Gasteiger partial charge in [-0.25, -0.2) is 9.78 Å². The molecule has 0 aliphatic heterocycles. The number of aryl methyl sites for hydroxylation is 1. The maximum Gasteiger partial charge on any atom is 0.327 e. The minimum atomic E-state index is -0.167. The van der Waals surface area contributed by atoms with Gasteiger partial charge in [-0.05, 0) is 24.5 Å². The number of amides is 1. The summed E-state index contributed by atoms with van der Waals surface area (Å²) in [6.07, 6.45) is 5.72. The molecule has 0 aliphatic carbocycles. The highest BCUT2D eigenvalue weighted by Gasteiger charge is 2.10. The summed E-state index contributed by atoms with van der Waals surface area (Å²) in [4.78, 5) is 15.7. The lowest BCUT2D eigenvalue weighted by Gasteiger charge is -2.14. The average Bonchev–Trinajstić information content (AvgIpc) is 2.92. The molecule has 1 unspecified atom stereocenters. The second-order valence-electron chi connectivity index (χ2n) is 4.24. The fourth-order valence-corrected chi connectivity index (χ4v) is 1.76. The van der Waals surface area contributed by atoms with Crippen molar-refractivity contribution in [3.63, 3.8) is 0 Å². The Balaban J connectivity index is 2.02. The lowest BCUT2D eigenvalue weighted by molar-refractivity contribution is 0.239. The number of benzene rings is 1.